The van der Waals surface area contributed by atoms with E-state index < -0.39 is 6.04 Å². The molecule has 0 spiro atoms. The molecule has 1 saturated heterocycles. The van der Waals surface area contributed by atoms with Gasteiger partial charge in [-0.25, -0.2) is 0 Å². The van der Waals surface area contributed by atoms with E-state index in [2.05, 4.69) is 36.3 Å². The first kappa shape index (κ1) is 27.6. The van der Waals surface area contributed by atoms with Crippen LogP contribution in [-0.2, 0) is 14.3 Å². The molecule has 2 fully saturated rings. The molecule has 200 valence electrons. The van der Waals surface area contributed by atoms with E-state index in [9.17, 15) is 14.4 Å². The van der Waals surface area contributed by atoms with E-state index in [-0.39, 0.29) is 36.3 Å². The van der Waals surface area contributed by atoms with Crippen molar-refractivity contribution in [1.29, 1.82) is 0 Å². The lowest BCUT2D eigenvalue weighted by molar-refractivity contribution is -0.125. The zero-order chi connectivity index (χ0) is 26.6. The van der Waals surface area contributed by atoms with Gasteiger partial charge in [-0.05, 0) is 60.6 Å². The summed E-state index contributed by atoms with van der Waals surface area (Å²) < 4.78 is 5.75. The Kier molecular flexibility index (Phi) is 8.90. The standard InChI is InChI=1S/C27H35ClN4O4S/c1-27(2,3)17-31(15-18-4-5-18)21(14-29-26(35)22-10-11-23(28)37-22)25(34)30-19-6-8-20(9-7-19)32-12-13-36-16-24(32)33/h6-11,18,21H,4-5,12-17H2,1-3H3,(H,29,35)(H,30,34)/t21-/m1/s1. The number of ether oxygens (including phenoxy) is 1. The van der Waals surface area contributed by atoms with Crippen molar-refractivity contribution in [2.45, 2.75) is 39.7 Å². The van der Waals surface area contributed by atoms with Gasteiger partial charge in [-0.3, -0.25) is 19.3 Å². The van der Waals surface area contributed by atoms with E-state index in [0.29, 0.717) is 34.0 Å². The SMILES string of the molecule is CC(C)(C)CN(CC1CC1)[C@H](CNC(=O)c1ccc(Cl)s1)C(=O)Nc1ccc(N2CCOCC2=O)cc1. The lowest BCUT2D eigenvalue weighted by Crippen LogP contribution is -2.53. The number of amides is 3. The van der Waals surface area contributed by atoms with E-state index in [1.807, 2.05) is 12.1 Å². The molecule has 3 amide bonds. The summed E-state index contributed by atoms with van der Waals surface area (Å²) in [5.74, 6) is 0.0829. The minimum absolute atomic E-state index is 0.0228. The Labute approximate surface area is 227 Å². The Balaban J connectivity index is 1.48. The van der Waals surface area contributed by atoms with Gasteiger partial charge in [-0.2, -0.15) is 0 Å². The summed E-state index contributed by atoms with van der Waals surface area (Å²) in [5, 5.41) is 5.98. The molecule has 37 heavy (non-hydrogen) atoms. The van der Waals surface area contributed by atoms with Crippen LogP contribution in [0.1, 0.15) is 43.3 Å². The highest BCUT2D eigenvalue weighted by Crippen LogP contribution is 2.32. The van der Waals surface area contributed by atoms with Gasteiger partial charge in [-0.1, -0.05) is 32.4 Å². The summed E-state index contributed by atoms with van der Waals surface area (Å²) >= 11 is 7.22. The molecule has 2 heterocycles. The van der Waals surface area contributed by atoms with Crippen LogP contribution in [0.5, 0.6) is 0 Å². The van der Waals surface area contributed by atoms with Crippen molar-refractivity contribution in [1.82, 2.24) is 10.2 Å². The lowest BCUT2D eigenvalue weighted by atomic mass is 9.94. The molecule has 1 aliphatic heterocycles. The maximum atomic E-state index is 13.6. The minimum Gasteiger partial charge on any atom is -0.370 e. The Hall–Kier alpha value is -2.46. The molecule has 10 heteroatoms. The van der Waals surface area contributed by atoms with Crippen LogP contribution in [0.4, 0.5) is 11.4 Å². The molecule has 1 aliphatic carbocycles. The second-order valence-electron chi connectivity index (χ2n) is 10.9. The van der Waals surface area contributed by atoms with Crippen LogP contribution in [0.25, 0.3) is 0 Å². The first-order chi connectivity index (χ1) is 17.6. The predicted octanol–water partition coefficient (Wildman–Crippen LogP) is 4.26. The Morgan fingerprint density at radius 3 is 2.51 bits per heavy atom. The fourth-order valence-corrected chi connectivity index (χ4v) is 5.34. The van der Waals surface area contributed by atoms with E-state index in [1.54, 1.807) is 29.2 Å². The Bertz CT molecular complexity index is 1110. The molecule has 2 N–H and O–H groups in total. The minimum atomic E-state index is -0.542. The number of carbonyl (C=O) groups is 3. The molecule has 1 aromatic carbocycles. The summed E-state index contributed by atoms with van der Waals surface area (Å²) in [6, 6.07) is 10.1. The maximum absolute atomic E-state index is 13.6. The average molecular weight is 547 g/mol. The molecule has 0 unspecified atom stereocenters. The van der Waals surface area contributed by atoms with Crippen LogP contribution >= 0.6 is 22.9 Å². The van der Waals surface area contributed by atoms with Gasteiger partial charge in [0.2, 0.25) is 5.91 Å². The second kappa shape index (κ2) is 11.9. The van der Waals surface area contributed by atoms with Gasteiger partial charge < -0.3 is 20.3 Å². The van der Waals surface area contributed by atoms with Gasteiger partial charge in [0.15, 0.2) is 0 Å². The van der Waals surface area contributed by atoms with Crippen molar-refractivity contribution in [2.24, 2.45) is 11.3 Å². The summed E-state index contributed by atoms with van der Waals surface area (Å²) in [6.07, 6.45) is 2.33. The number of morpholine rings is 1. The molecule has 1 atom stereocenters. The van der Waals surface area contributed by atoms with Gasteiger partial charge in [0.1, 0.15) is 12.6 Å². The van der Waals surface area contributed by atoms with E-state index >= 15 is 0 Å². The summed E-state index contributed by atoms with van der Waals surface area (Å²) in [7, 11) is 0. The highest BCUT2D eigenvalue weighted by molar-refractivity contribution is 7.18. The summed E-state index contributed by atoms with van der Waals surface area (Å²) in [5.41, 5.74) is 1.39. The fraction of sp³-hybridized carbons (Fsp3) is 0.519. The zero-order valence-corrected chi connectivity index (χ0v) is 23.2. The molecular formula is C27H35ClN4O4S. The van der Waals surface area contributed by atoms with Crippen molar-refractivity contribution in [2.75, 3.05) is 49.6 Å². The third-order valence-corrected chi connectivity index (χ3v) is 7.53. The molecule has 1 saturated carbocycles. The number of carbonyl (C=O) groups excluding carboxylic acids is 3. The highest BCUT2D eigenvalue weighted by Gasteiger charge is 2.34. The van der Waals surface area contributed by atoms with Gasteiger partial charge in [0.25, 0.3) is 11.8 Å². The number of hydrogen-bond acceptors (Lipinski definition) is 6. The zero-order valence-electron chi connectivity index (χ0n) is 21.6. The van der Waals surface area contributed by atoms with Crippen molar-refractivity contribution in [3.8, 4) is 0 Å². The van der Waals surface area contributed by atoms with E-state index in [0.717, 1.165) is 31.6 Å². The van der Waals surface area contributed by atoms with Crippen LogP contribution in [0.3, 0.4) is 0 Å². The van der Waals surface area contributed by atoms with Crippen LogP contribution in [0.15, 0.2) is 36.4 Å². The first-order valence-electron chi connectivity index (χ1n) is 12.7. The average Bonchev–Trinajstić information content (AvgIpc) is 3.55. The van der Waals surface area contributed by atoms with E-state index in [4.69, 9.17) is 16.3 Å². The maximum Gasteiger partial charge on any atom is 0.261 e. The topological polar surface area (TPSA) is 91.0 Å². The van der Waals surface area contributed by atoms with Crippen molar-refractivity contribution < 1.29 is 19.1 Å². The third kappa shape index (κ3) is 8.01. The number of nitrogens with zero attached hydrogens (tertiary/aromatic N) is 2. The molecule has 4 rings (SSSR count). The first-order valence-corrected chi connectivity index (χ1v) is 13.8. The van der Waals surface area contributed by atoms with Gasteiger partial charge >= 0.3 is 0 Å². The number of rotatable bonds is 10. The van der Waals surface area contributed by atoms with Crippen molar-refractivity contribution in [3.05, 3.63) is 45.6 Å². The van der Waals surface area contributed by atoms with Crippen LogP contribution in [0.2, 0.25) is 4.34 Å². The monoisotopic (exact) mass is 546 g/mol. The molecule has 0 bridgehead atoms. The molecule has 2 aliphatic rings. The molecule has 1 aromatic heterocycles. The Morgan fingerprint density at radius 1 is 1.19 bits per heavy atom. The van der Waals surface area contributed by atoms with Crippen LogP contribution in [0, 0.1) is 11.3 Å². The van der Waals surface area contributed by atoms with Gasteiger partial charge in [0, 0.05) is 37.6 Å². The summed E-state index contributed by atoms with van der Waals surface area (Å²) in [4.78, 5) is 42.9. The largest absolute Gasteiger partial charge is 0.370 e. The second-order valence-corrected chi connectivity index (χ2v) is 12.6. The predicted molar refractivity (Wildman–Crippen MR) is 147 cm³/mol. The van der Waals surface area contributed by atoms with Crippen LogP contribution in [-0.4, -0.2) is 68.1 Å². The van der Waals surface area contributed by atoms with Crippen LogP contribution < -0.4 is 15.5 Å². The number of nitrogens with one attached hydrogen (secondary N) is 2. The molecule has 8 nitrogen and oxygen atoms in total. The Morgan fingerprint density at radius 2 is 1.92 bits per heavy atom. The van der Waals surface area contributed by atoms with Gasteiger partial charge in [-0.15, -0.1) is 11.3 Å². The molecule has 0 radical (unpaired) electrons. The number of halogens is 1. The number of benzene rings is 1. The quantitative estimate of drug-likeness (QED) is 0.465. The number of hydrogen-bond donors (Lipinski definition) is 2. The fourth-order valence-electron chi connectivity index (χ4n) is 4.39. The van der Waals surface area contributed by atoms with Crippen molar-refractivity contribution >= 4 is 52.0 Å². The third-order valence-electron chi connectivity index (χ3n) is 6.30. The number of thiophene rings is 1. The smallest absolute Gasteiger partial charge is 0.261 e. The number of anilines is 2. The van der Waals surface area contributed by atoms with Gasteiger partial charge in [0.05, 0.1) is 15.8 Å². The molecule has 2 aromatic rings. The lowest BCUT2D eigenvalue weighted by Gasteiger charge is -2.36. The highest BCUT2D eigenvalue weighted by atomic mass is 35.5. The summed E-state index contributed by atoms with van der Waals surface area (Å²) in [6.45, 7) is 9.26. The van der Waals surface area contributed by atoms with Crippen molar-refractivity contribution in [3.63, 3.8) is 0 Å². The normalized spacial score (nSPS) is 17.1. The van der Waals surface area contributed by atoms with E-state index in [1.165, 1.54) is 11.3 Å². The molecular weight excluding hydrogens is 512 g/mol.